The van der Waals surface area contributed by atoms with Crippen molar-refractivity contribution in [2.45, 2.75) is 20.8 Å². The Morgan fingerprint density at radius 1 is 1.12 bits per heavy atom. The molecule has 8 nitrogen and oxygen atoms in total. The van der Waals surface area contributed by atoms with Crippen molar-refractivity contribution in [2.24, 2.45) is 0 Å². The summed E-state index contributed by atoms with van der Waals surface area (Å²) in [5.41, 5.74) is 4.27. The summed E-state index contributed by atoms with van der Waals surface area (Å²) in [4.78, 5) is 43.2. The molecule has 34 heavy (non-hydrogen) atoms. The van der Waals surface area contributed by atoms with Crippen LogP contribution in [-0.4, -0.2) is 44.7 Å². The molecule has 1 saturated heterocycles. The number of nitrogens with one attached hydrogen (secondary N) is 1. The van der Waals surface area contributed by atoms with Crippen molar-refractivity contribution in [3.05, 3.63) is 76.7 Å². The van der Waals surface area contributed by atoms with Crippen LogP contribution in [0, 0.1) is 13.8 Å². The number of carbonyl (C=O) groups is 3. The van der Waals surface area contributed by atoms with E-state index in [-0.39, 0.29) is 11.4 Å². The first-order valence-corrected chi connectivity index (χ1v) is 11.6. The summed E-state index contributed by atoms with van der Waals surface area (Å²) in [7, 11) is 0. The maximum Gasteiger partial charge on any atom is 0.294 e. The molecular formula is C25H24N4O4S. The number of hydrogen-bond donors (Lipinski definition) is 1. The van der Waals surface area contributed by atoms with Gasteiger partial charge in [-0.3, -0.25) is 24.3 Å². The third-order valence-corrected chi connectivity index (χ3v) is 6.21. The van der Waals surface area contributed by atoms with Gasteiger partial charge in [-0.1, -0.05) is 0 Å². The predicted octanol–water partition coefficient (Wildman–Crippen LogP) is 4.56. The molecule has 0 aliphatic carbocycles. The third-order valence-electron chi connectivity index (χ3n) is 5.30. The lowest BCUT2D eigenvalue weighted by molar-refractivity contribution is -0.127. The number of pyridine rings is 1. The Hall–Kier alpha value is -3.85. The van der Waals surface area contributed by atoms with Gasteiger partial charge >= 0.3 is 0 Å². The molecular weight excluding hydrogens is 452 g/mol. The van der Waals surface area contributed by atoms with Gasteiger partial charge in [0.1, 0.15) is 12.3 Å². The monoisotopic (exact) mass is 476 g/mol. The van der Waals surface area contributed by atoms with Gasteiger partial charge in [0.2, 0.25) is 5.91 Å². The molecule has 0 radical (unpaired) electrons. The van der Waals surface area contributed by atoms with Gasteiger partial charge in [-0.25, -0.2) is 0 Å². The van der Waals surface area contributed by atoms with Gasteiger partial charge < -0.3 is 14.6 Å². The number of anilines is 1. The number of imide groups is 1. The number of ether oxygens (including phenoxy) is 1. The standard InChI is InChI=1S/C25H24N4O4S/c1-4-33-21-7-5-19(6-8-21)27-23(30)15-28-24(31)22(34-25(28)32)14-18-13-16(2)29(17(18)3)20-9-11-26-12-10-20/h5-14H,4,15H2,1-3H3,(H,27,30). The van der Waals surface area contributed by atoms with Crippen LogP contribution in [0.25, 0.3) is 11.8 Å². The number of aromatic nitrogens is 2. The Kier molecular flexibility index (Phi) is 6.83. The Balaban J connectivity index is 1.47. The zero-order chi connectivity index (χ0) is 24.2. The van der Waals surface area contributed by atoms with Crippen LogP contribution in [0.3, 0.4) is 0 Å². The molecule has 0 atom stereocenters. The minimum atomic E-state index is -0.481. The van der Waals surface area contributed by atoms with Crippen molar-refractivity contribution in [1.82, 2.24) is 14.5 Å². The lowest BCUT2D eigenvalue weighted by Gasteiger charge is -2.12. The Morgan fingerprint density at radius 2 is 1.82 bits per heavy atom. The number of nitrogens with zero attached hydrogens (tertiary/aromatic N) is 3. The van der Waals surface area contributed by atoms with E-state index in [0.29, 0.717) is 18.0 Å². The van der Waals surface area contributed by atoms with Crippen LogP contribution in [-0.2, 0) is 9.59 Å². The molecule has 0 saturated carbocycles. The van der Waals surface area contributed by atoms with Gasteiger partial charge in [-0.2, -0.15) is 0 Å². The molecule has 2 aromatic heterocycles. The van der Waals surface area contributed by atoms with Crippen molar-refractivity contribution in [3.8, 4) is 11.4 Å². The van der Waals surface area contributed by atoms with Gasteiger partial charge in [0.05, 0.1) is 11.5 Å². The summed E-state index contributed by atoms with van der Waals surface area (Å²) in [5.74, 6) is -0.242. The summed E-state index contributed by atoms with van der Waals surface area (Å²) >= 11 is 0.835. The zero-order valence-corrected chi connectivity index (χ0v) is 19.9. The van der Waals surface area contributed by atoms with E-state index in [2.05, 4.69) is 14.9 Å². The first-order valence-electron chi connectivity index (χ1n) is 10.7. The highest BCUT2D eigenvalue weighted by Crippen LogP contribution is 2.33. The SMILES string of the molecule is CCOc1ccc(NC(=O)CN2C(=O)SC(=Cc3cc(C)n(-c4ccncc4)c3C)C2=O)cc1. The first kappa shape index (κ1) is 23.3. The fourth-order valence-corrected chi connectivity index (χ4v) is 4.58. The lowest BCUT2D eigenvalue weighted by Crippen LogP contribution is -2.36. The average Bonchev–Trinajstić information content (AvgIpc) is 3.25. The molecule has 1 fully saturated rings. The second kappa shape index (κ2) is 9.96. The van der Waals surface area contributed by atoms with Gasteiger partial charge in [-0.05, 0) is 86.6 Å². The van der Waals surface area contributed by atoms with Crippen LogP contribution in [0.2, 0.25) is 0 Å². The van der Waals surface area contributed by atoms with Gasteiger partial charge in [0.15, 0.2) is 0 Å². The molecule has 1 N–H and O–H groups in total. The van der Waals surface area contributed by atoms with E-state index in [4.69, 9.17) is 4.74 Å². The van der Waals surface area contributed by atoms with Crippen molar-refractivity contribution in [2.75, 3.05) is 18.5 Å². The molecule has 1 aromatic carbocycles. The molecule has 4 rings (SSSR count). The molecule has 0 spiro atoms. The zero-order valence-electron chi connectivity index (χ0n) is 19.1. The van der Waals surface area contributed by atoms with Gasteiger partial charge in [0.25, 0.3) is 11.1 Å². The van der Waals surface area contributed by atoms with Crippen molar-refractivity contribution in [1.29, 1.82) is 0 Å². The summed E-state index contributed by atoms with van der Waals surface area (Å²) < 4.78 is 7.44. The highest BCUT2D eigenvalue weighted by molar-refractivity contribution is 8.18. The van der Waals surface area contributed by atoms with E-state index in [1.165, 1.54) is 0 Å². The number of aryl methyl sites for hydroxylation is 1. The normalized spacial score (nSPS) is 14.7. The molecule has 3 aromatic rings. The van der Waals surface area contributed by atoms with Crippen LogP contribution in [0.1, 0.15) is 23.9 Å². The molecule has 174 valence electrons. The van der Waals surface area contributed by atoms with Gasteiger partial charge in [0, 0.05) is 35.2 Å². The smallest absolute Gasteiger partial charge is 0.294 e. The molecule has 3 amide bonds. The number of amides is 3. The van der Waals surface area contributed by atoms with E-state index in [0.717, 1.165) is 39.3 Å². The topological polar surface area (TPSA) is 93.5 Å². The van der Waals surface area contributed by atoms with Crippen molar-refractivity contribution < 1.29 is 19.1 Å². The van der Waals surface area contributed by atoms with E-state index in [9.17, 15) is 14.4 Å². The Bertz CT molecular complexity index is 1270. The maximum absolute atomic E-state index is 12.9. The van der Waals surface area contributed by atoms with E-state index < -0.39 is 17.1 Å². The largest absolute Gasteiger partial charge is 0.494 e. The molecule has 3 heterocycles. The summed E-state index contributed by atoms with van der Waals surface area (Å²) in [5, 5.41) is 2.23. The van der Waals surface area contributed by atoms with Crippen molar-refractivity contribution in [3.63, 3.8) is 0 Å². The number of carbonyl (C=O) groups excluding carboxylic acids is 3. The fraction of sp³-hybridized carbons (Fsp3) is 0.200. The lowest BCUT2D eigenvalue weighted by atomic mass is 10.2. The quantitative estimate of drug-likeness (QED) is 0.503. The van der Waals surface area contributed by atoms with Crippen molar-refractivity contribution >= 4 is 40.6 Å². The maximum atomic E-state index is 12.9. The second-order valence-electron chi connectivity index (χ2n) is 7.64. The van der Waals surface area contributed by atoms with Crippen LogP contribution in [0.5, 0.6) is 5.75 Å². The van der Waals surface area contributed by atoms with E-state index >= 15 is 0 Å². The number of benzene rings is 1. The summed E-state index contributed by atoms with van der Waals surface area (Å²) in [6.07, 6.45) is 5.14. The molecule has 9 heteroatoms. The molecule has 1 aliphatic heterocycles. The predicted molar refractivity (Wildman–Crippen MR) is 132 cm³/mol. The molecule has 1 aliphatic rings. The molecule has 0 unspecified atom stereocenters. The minimum absolute atomic E-state index is 0.286. The Labute approximate surface area is 201 Å². The third kappa shape index (κ3) is 4.89. The minimum Gasteiger partial charge on any atom is -0.494 e. The second-order valence-corrected chi connectivity index (χ2v) is 8.63. The van der Waals surface area contributed by atoms with Crippen LogP contribution < -0.4 is 10.1 Å². The van der Waals surface area contributed by atoms with E-state index in [1.807, 2.05) is 39.0 Å². The average molecular weight is 477 g/mol. The number of rotatable bonds is 7. The number of hydrogen-bond acceptors (Lipinski definition) is 6. The Morgan fingerprint density at radius 3 is 2.50 bits per heavy atom. The first-order chi connectivity index (χ1) is 16.4. The summed E-state index contributed by atoms with van der Waals surface area (Å²) in [6.45, 7) is 6.01. The van der Waals surface area contributed by atoms with Crippen LogP contribution in [0.15, 0.2) is 59.8 Å². The van der Waals surface area contributed by atoms with Crippen LogP contribution in [0.4, 0.5) is 10.5 Å². The fourth-order valence-electron chi connectivity index (χ4n) is 3.75. The van der Waals surface area contributed by atoms with Crippen LogP contribution >= 0.6 is 11.8 Å². The highest BCUT2D eigenvalue weighted by Gasteiger charge is 2.36. The highest BCUT2D eigenvalue weighted by atomic mass is 32.2. The molecule has 0 bridgehead atoms. The van der Waals surface area contributed by atoms with E-state index in [1.54, 1.807) is 42.7 Å². The summed E-state index contributed by atoms with van der Waals surface area (Å²) in [6, 6.07) is 12.7. The van der Waals surface area contributed by atoms with Gasteiger partial charge in [-0.15, -0.1) is 0 Å². The number of thioether (sulfide) groups is 1.